The zero-order valence-electron chi connectivity index (χ0n) is 8.43. The summed E-state index contributed by atoms with van der Waals surface area (Å²) in [6, 6.07) is 0.902. The second kappa shape index (κ2) is 1.70. The molecule has 0 amide bonds. The van der Waals surface area contributed by atoms with Crippen LogP contribution in [-0.4, -0.2) is 24.7 Å². The summed E-state index contributed by atoms with van der Waals surface area (Å²) in [5, 5.41) is 7.19. The van der Waals surface area contributed by atoms with Crippen LogP contribution in [0.4, 0.5) is 0 Å². The molecule has 0 aromatic carbocycles. The Morgan fingerprint density at radius 1 is 1.23 bits per heavy atom. The van der Waals surface area contributed by atoms with Crippen molar-refractivity contribution < 1.29 is 0 Å². The summed E-state index contributed by atoms with van der Waals surface area (Å²) in [7, 11) is 0. The molecule has 4 aliphatic rings. The van der Waals surface area contributed by atoms with E-state index in [4.69, 9.17) is 0 Å². The van der Waals surface area contributed by atoms with E-state index < -0.39 is 0 Å². The van der Waals surface area contributed by atoms with Crippen molar-refractivity contribution in [3.8, 4) is 0 Å². The van der Waals surface area contributed by atoms with Crippen LogP contribution in [0.1, 0.15) is 20.3 Å². The van der Waals surface area contributed by atoms with Crippen molar-refractivity contribution in [1.29, 1.82) is 0 Å². The van der Waals surface area contributed by atoms with E-state index >= 15 is 0 Å². The van der Waals surface area contributed by atoms with Crippen LogP contribution < -0.4 is 10.6 Å². The lowest BCUT2D eigenvalue weighted by Crippen LogP contribution is -2.46. The first kappa shape index (κ1) is 7.24. The lowest BCUT2D eigenvalue weighted by Gasteiger charge is -2.29. The topological polar surface area (TPSA) is 34.0 Å². The lowest BCUT2D eigenvalue weighted by atomic mass is 9.93. The Morgan fingerprint density at radius 3 is 2.23 bits per heavy atom. The van der Waals surface area contributed by atoms with Gasteiger partial charge in [-0.15, -0.1) is 0 Å². The summed E-state index contributed by atoms with van der Waals surface area (Å²) >= 11 is 0. The van der Waals surface area contributed by atoms with Crippen molar-refractivity contribution in [2.45, 2.75) is 31.8 Å². The molecule has 4 rings (SSSR count). The van der Waals surface area contributed by atoms with E-state index in [1.54, 1.807) is 0 Å². The number of hydrogen-bond acceptors (Lipinski definition) is 2. The number of rotatable bonds is 1. The minimum Gasteiger partial charge on any atom is -0.315 e. The Bertz CT molecular complexity index is 284. The number of nitrogens with one attached hydrogen (secondary N) is 2. The first-order valence-corrected chi connectivity index (χ1v) is 5.69. The zero-order chi connectivity index (χ0) is 8.84. The average molecular weight is 178 g/mol. The van der Waals surface area contributed by atoms with Crippen LogP contribution in [0.25, 0.3) is 0 Å². The lowest BCUT2D eigenvalue weighted by molar-refractivity contribution is 0.275. The maximum atomic E-state index is 3.76. The highest BCUT2D eigenvalue weighted by molar-refractivity contribution is 5.36. The molecular formula is C11H18N2. The van der Waals surface area contributed by atoms with Gasteiger partial charge in [-0.2, -0.15) is 0 Å². The molecule has 0 radical (unpaired) electrons. The highest BCUT2D eigenvalue weighted by atomic mass is 15.3. The first-order chi connectivity index (χ1) is 6.21. The summed E-state index contributed by atoms with van der Waals surface area (Å²) < 4.78 is 0. The monoisotopic (exact) mass is 178 g/mol. The molecule has 2 aliphatic heterocycles. The van der Waals surface area contributed by atoms with Crippen molar-refractivity contribution in [1.82, 2.24) is 10.6 Å². The number of hydrogen-bond donors (Lipinski definition) is 2. The molecule has 2 spiro atoms. The van der Waals surface area contributed by atoms with Crippen molar-refractivity contribution in [3.05, 3.63) is 0 Å². The fourth-order valence-electron chi connectivity index (χ4n) is 4.07. The van der Waals surface area contributed by atoms with Gasteiger partial charge in [0.2, 0.25) is 0 Å². The van der Waals surface area contributed by atoms with Gasteiger partial charge in [0.25, 0.3) is 0 Å². The van der Waals surface area contributed by atoms with Crippen molar-refractivity contribution >= 4 is 0 Å². The van der Waals surface area contributed by atoms with Gasteiger partial charge in [0.05, 0.1) is 0 Å². The third kappa shape index (κ3) is 0.608. The predicted octanol–water partition coefficient (Wildman–Crippen LogP) is 0.592. The normalized spacial score (nSPS) is 65.1. The minimum atomic E-state index is 0.651. The van der Waals surface area contributed by atoms with Gasteiger partial charge in [-0.1, -0.05) is 13.8 Å². The molecule has 2 saturated carbocycles. The van der Waals surface area contributed by atoms with E-state index in [-0.39, 0.29) is 0 Å². The highest BCUT2D eigenvalue weighted by Gasteiger charge is 2.79. The molecule has 5 unspecified atom stereocenters. The molecule has 5 atom stereocenters. The van der Waals surface area contributed by atoms with Gasteiger partial charge in [-0.3, -0.25) is 0 Å². The maximum absolute atomic E-state index is 3.76. The predicted molar refractivity (Wildman–Crippen MR) is 51.4 cm³/mol. The van der Waals surface area contributed by atoms with E-state index in [9.17, 15) is 0 Å². The van der Waals surface area contributed by atoms with E-state index in [0.717, 1.165) is 29.2 Å². The fraction of sp³-hybridized carbons (Fsp3) is 1.00. The highest BCUT2D eigenvalue weighted by Crippen LogP contribution is 2.71. The molecule has 4 fully saturated rings. The van der Waals surface area contributed by atoms with Crippen LogP contribution in [0.3, 0.4) is 0 Å². The second-order valence-electron chi connectivity index (χ2n) is 5.92. The van der Waals surface area contributed by atoms with Crippen molar-refractivity contribution in [3.63, 3.8) is 0 Å². The molecule has 13 heavy (non-hydrogen) atoms. The standard InChI is InChI=1S/C11H18N2/c1-6-3-11(6)9(13-11)8-7(2)10(8)4-12-5-10/h6-9,12-13H,3-5H2,1-2H3. The molecule has 2 saturated heterocycles. The van der Waals surface area contributed by atoms with Crippen LogP contribution in [-0.2, 0) is 0 Å². The van der Waals surface area contributed by atoms with E-state index in [0.29, 0.717) is 5.54 Å². The Kier molecular flexibility index (Phi) is 0.947. The first-order valence-electron chi connectivity index (χ1n) is 5.69. The third-order valence-electron chi connectivity index (χ3n) is 5.53. The van der Waals surface area contributed by atoms with Crippen LogP contribution in [0, 0.1) is 23.2 Å². The van der Waals surface area contributed by atoms with E-state index in [1.165, 1.54) is 19.5 Å². The smallest absolute Gasteiger partial charge is 0.0371 e. The van der Waals surface area contributed by atoms with Gasteiger partial charge >= 0.3 is 0 Å². The Hall–Kier alpha value is -0.0800. The molecule has 2 heteroatoms. The van der Waals surface area contributed by atoms with Gasteiger partial charge < -0.3 is 10.6 Å². The third-order valence-corrected chi connectivity index (χ3v) is 5.53. The molecule has 2 N–H and O–H groups in total. The van der Waals surface area contributed by atoms with E-state index in [2.05, 4.69) is 24.5 Å². The quantitative estimate of drug-likeness (QED) is 0.576. The van der Waals surface area contributed by atoms with Gasteiger partial charge in [0.1, 0.15) is 0 Å². The second-order valence-corrected chi connectivity index (χ2v) is 5.92. The van der Waals surface area contributed by atoms with Gasteiger partial charge in [-0.05, 0) is 24.2 Å². The molecule has 0 bridgehead atoms. The largest absolute Gasteiger partial charge is 0.315 e. The van der Waals surface area contributed by atoms with Crippen LogP contribution in [0.15, 0.2) is 0 Å². The summed E-state index contributed by atoms with van der Waals surface area (Å²) in [4.78, 5) is 0. The van der Waals surface area contributed by atoms with Crippen molar-refractivity contribution in [2.75, 3.05) is 13.1 Å². The van der Waals surface area contributed by atoms with Crippen LogP contribution in [0.5, 0.6) is 0 Å². The Morgan fingerprint density at radius 2 is 1.92 bits per heavy atom. The van der Waals surface area contributed by atoms with Crippen LogP contribution in [0.2, 0.25) is 0 Å². The maximum Gasteiger partial charge on any atom is 0.0371 e. The molecule has 2 nitrogen and oxygen atoms in total. The molecule has 72 valence electrons. The van der Waals surface area contributed by atoms with Crippen LogP contribution >= 0.6 is 0 Å². The van der Waals surface area contributed by atoms with Gasteiger partial charge in [0.15, 0.2) is 0 Å². The van der Waals surface area contributed by atoms with Gasteiger partial charge in [0, 0.05) is 30.1 Å². The zero-order valence-corrected chi connectivity index (χ0v) is 8.43. The molecule has 0 aromatic rings. The SMILES string of the molecule is CC1C(C2NC23CC3C)C12CNC2. The molecule has 2 aliphatic carbocycles. The summed E-state index contributed by atoms with van der Waals surface area (Å²) in [6.07, 6.45) is 1.45. The summed E-state index contributed by atoms with van der Waals surface area (Å²) in [5.74, 6) is 2.97. The minimum absolute atomic E-state index is 0.651. The summed E-state index contributed by atoms with van der Waals surface area (Å²) in [6.45, 7) is 7.43. The fourth-order valence-corrected chi connectivity index (χ4v) is 4.07. The molecule has 2 heterocycles. The Labute approximate surface area is 79.5 Å². The molecular weight excluding hydrogens is 160 g/mol. The average Bonchev–Trinajstić information content (AvgIpc) is 2.85. The summed E-state index contributed by atoms with van der Waals surface area (Å²) in [5.41, 5.74) is 1.39. The van der Waals surface area contributed by atoms with E-state index in [1.807, 2.05) is 0 Å². The van der Waals surface area contributed by atoms with Gasteiger partial charge in [-0.25, -0.2) is 0 Å². The Balaban J connectivity index is 1.54. The van der Waals surface area contributed by atoms with Crippen molar-refractivity contribution in [2.24, 2.45) is 23.2 Å². The molecule has 0 aromatic heterocycles.